The lowest BCUT2D eigenvalue weighted by Gasteiger charge is -2.08. The molecule has 2 rings (SSSR count). The van der Waals surface area contributed by atoms with Gasteiger partial charge in [-0.05, 0) is 29.8 Å². The van der Waals surface area contributed by atoms with Gasteiger partial charge in [-0.3, -0.25) is 4.79 Å². The number of carbonyl (C=O) groups is 1. The first kappa shape index (κ1) is 15.2. The second-order valence-electron chi connectivity index (χ2n) is 4.34. The lowest BCUT2D eigenvalue weighted by Crippen LogP contribution is -2.12. The number of carbonyl (C=O) groups excluding carboxylic acids is 1. The van der Waals surface area contributed by atoms with Crippen LogP contribution in [0.25, 0.3) is 0 Å². The van der Waals surface area contributed by atoms with Crippen molar-refractivity contribution < 1.29 is 4.79 Å². The van der Waals surface area contributed by atoms with E-state index in [-0.39, 0.29) is 21.6 Å². The zero-order valence-electron chi connectivity index (χ0n) is 10.9. The minimum atomic E-state index is -0.341. The summed E-state index contributed by atoms with van der Waals surface area (Å²) in [5, 5.41) is 11.8. The van der Waals surface area contributed by atoms with Crippen LogP contribution in [-0.4, -0.2) is 5.91 Å². The summed E-state index contributed by atoms with van der Waals surface area (Å²) in [6, 6.07) is 12.0. The second-order valence-corrected chi connectivity index (χ2v) is 5.15. The Bertz CT molecular complexity index is 698. The van der Waals surface area contributed by atoms with Crippen molar-refractivity contribution in [3.63, 3.8) is 0 Å². The van der Waals surface area contributed by atoms with E-state index in [0.717, 1.165) is 5.56 Å². The van der Waals surface area contributed by atoms with Crippen molar-refractivity contribution in [2.45, 2.75) is 6.42 Å². The van der Waals surface area contributed by atoms with E-state index >= 15 is 0 Å². The highest BCUT2D eigenvalue weighted by Crippen LogP contribution is 2.29. The fraction of sp³-hybridized carbons (Fsp3) is 0.0667. The number of benzene rings is 2. The summed E-state index contributed by atoms with van der Waals surface area (Å²) in [5.41, 5.74) is 7.69. The van der Waals surface area contributed by atoms with Crippen LogP contribution in [0.1, 0.15) is 15.9 Å². The molecule has 0 atom stereocenters. The Morgan fingerprint density at radius 3 is 2.29 bits per heavy atom. The van der Waals surface area contributed by atoms with Crippen molar-refractivity contribution in [3.8, 4) is 6.07 Å². The average Bonchev–Trinajstić information content (AvgIpc) is 2.46. The fourth-order valence-electron chi connectivity index (χ4n) is 1.72. The molecule has 0 heterocycles. The third-order valence-electron chi connectivity index (χ3n) is 2.84. The maximum absolute atomic E-state index is 12.1. The fourth-order valence-corrected chi connectivity index (χ4v) is 2.20. The van der Waals surface area contributed by atoms with E-state index in [4.69, 9.17) is 34.2 Å². The quantitative estimate of drug-likeness (QED) is 0.842. The van der Waals surface area contributed by atoms with E-state index in [9.17, 15) is 4.79 Å². The van der Waals surface area contributed by atoms with Crippen molar-refractivity contribution in [2.24, 2.45) is 0 Å². The number of hydrogen-bond acceptors (Lipinski definition) is 3. The molecule has 2 aromatic rings. The molecule has 0 fully saturated rings. The molecule has 0 aromatic heterocycles. The van der Waals surface area contributed by atoms with Crippen molar-refractivity contribution >= 4 is 40.5 Å². The molecule has 0 bridgehead atoms. The van der Waals surface area contributed by atoms with Crippen LogP contribution < -0.4 is 11.1 Å². The molecule has 3 N–H and O–H groups in total. The monoisotopic (exact) mass is 319 g/mol. The van der Waals surface area contributed by atoms with Crippen LogP contribution in [0.3, 0.4) is 0 Å². The summed E-state index contributed by atoms with van der Waals surface area (Å²) in [6.45, 7) is 0. The van der Waals surface area contributed by atoms with Crippen LogP contribution in [0.15, 0.2) is 36.4 Å². The number of nitriles is 1. The summed E-state index contributed by atoms with van der Waals surface area (Å²) in [4.78, 5) is 12.1. The first-order valence-electron chi connectivity index (χ1n) is 6.03. The molecule has 6 heteroatoms. The Labute approximate surface area is 132 Å². The molecule has 0 unspecified atom stereocenters. The summed E-state index contributed by atoms with van der Waals surface area (Å²) >= 11 is 11.8. The normalized spacial score (nSPS) is 9.95. The molecule has 4 nitrogen and oxygen atoms in total. The summed E-state index contributed by atoms with van der Waals surface area (Å²) in [5.74, 6) is -0.341. The number of halogens is 2. The first-order chi connectivity index (χ1) is 10.0. The number of nitrogens with one attached hydrogen (secondary N) is 1. The predicted molar refractivity (Wildman–Crippen MR) is 84.6 cm³/mol. The van der Waals surface area contributed by atoms with Gasteiger partial charge in [-0.15, -0.1) is 0 Å². The van der Waals surface area contributed by atoms with E-state index in [1.54, 1.807) is 24.3 Å². The van der Waals surface area contributed by atoms with Crippen LogP contribution in [0.4, 0.5) is 11.4 Å². The molecule has 0 aliphatic heterocycles. The maximum Gasteiger partial charge on any atom is 0.255 e. The SMILES string of the molecule is N#CCc1ccc(NC(=O)c2cc(Cl)c(N)c(Cl)c2)cc1. The van der Waals surface area contributed by atoms with E-state index in [1.807, 2.05) is 0 Å². The van der Waals surface area contributed by atoms with Crippen LogP contribution in [0.2, 0.25) is 10.0 Å². The Balaban J connectivity index is 2.16. The Kier molecular flexibility index (Phi) is 4.69. The highest BCUT2D eigenvalue weighted by Gasteiger charge is 2.11. The number of nitrogens with two attached hydrogens (primary N) is 1. The number of hydrogen-bond donors (Lipinski definition) is 2. The number of amides is 1. The molecule has 106 valence electrons. The molecule has 0 saturated carbocycles. The standard InChI is InChI=1S/C15H11Cl2N3O/c16-12-7-10(8-13(17)14(12)19)15(21)20-11-3-1-9(2-4-11)5-6-18/h1-4,7-8H,5,19H2,(H,20,21). The smallest absolute Gasteiger partial charge is 0.255 e. The minimum absolute atomic E-state index is 0.233. The highest BCUT2D eigenvalue weighted by molar-refractivity contribution is 6.39. The molecule has 0 radical (unpaired) electrons. The largest absolute Gasteiger partial charge is 0.396 e. The molecule has 1 amide bonds. The maximum atomic E-state index is 12.1. The van der Waals surface area contributed by atoms with Gasteiger partial charge in [0, 0.05) is 11.3 Å². The van der Waals surface area contributed by atoms with Crippen molar-refractivity contribution in [1.82, 2.24) is 0 Å². The lowest BCUT2D eigenvalue weighted by molar-refractivity contribution is 0.102. The molecular weight excluding hydrogens is 309 g/mol. The van der Waals surface area contributed by atoms with Crippen LogP contribution in [0.5, 0.6) is 0 Å². The van der Waals surface area contributed by atoms with Gasteiger partial charge in [-0.25, -0.2) is 0 Å². The molecule has 21 heavy (non-hydrogen) atoms. The average molecular weight is 320 g/mol. The molecule has 2 aromatic carbocycles. The highest BCUT2D eigenvalue weighted by atomic mass is 35.5. The van der Waals surface area contributed by atoms with Crippen molar-refractivity contribution in [3.05, 3.63) is 57.6 Å². The number of anilines is 2. The molecule has 0 aliphatic rings. The molecule has 0 spiro atoms. The minimum Gasteiger partial charge on any atom is -0.396 e. The van der Waals surface area contributed by atoms with Gasteiger partial charge in [0.15, 0.2) is 0 Å². The van der Waals surface area contributed by atoms with E-state index in [0.29, 0.717) is 17.7 Å². The van der Waals surface area contributed by atoms with Gasteiger partial charge >= 0.3 is 0 Å². The number of nitrogen functional groups attached to an aromatic ring is 1. The van der Waals surface area contributed by atoms with Crippen LogP contribution in [-0.2, 0) is 6.42 Å². The van der Waals surface area contributed by atoms with E-state index in [2.05, 4.69) is 11.4 Å². The van der Waals surface area contributed by atoms with Gasteiger partial charge in [0.2, 0.25) is 0 Å². The van der Waals surface area contributed by atoms with E-state index in [1.165, 1.54) is 12.1 Å². The number of nitrogens with zero attached hydrogens (tertiary/aromatic N) is 1. The third-order valence-corrected chi connectivity index (χ3v) is 3.46. The van der Waals surface area contributed by atoms with Gasteiger partial charge < -0.3 is 11.1 Å². The third kappa shape index (κ3) is 3.66. The van der Waals surface area contributed by atoms with Crippen LogP contribution >= 0.6 is 23.2 Å². The van der Waals surface area contributed by atoms with Crippen LogP contribution in [0, 0.1) is 11.3 Å². The summed E-state index contributed by atoms with van der Waals surface area (Å²) < 4.78 is 0. The summed E-state index contributed by atoms with van der Waals surface area (Å²) in [6.07, 6.45) is 0.331. The molecule has 0 aliphatic carbocycles. The summed E-state index contributed by atoms with van der Waals surface area (Å²) in [7, 11) is 0. The zero-order valence-corrected chi connectivity index (χ0v) is 12.4. The van der Waals surface area contributed by atoms with Gasteiger partial charge in [-0.1, -0.05) is 35.3 Å². The van der Waals surface area contributed by atoms with Gasteiger partial charge in [-0.2, -0.15) is 5.26 Å². The Hall–Kier alpha value is -2.22. The lowest BCUT2D eigenvalue weighted by atomic mass is 10.1. The van der Waals surface area contributed by atoms with E-state index < -0.39 is 0 Å². The zero-order chi connectivity index (χ0) is 15.4. The predicted octanol–water partition coefficient (Wildman–Crippen LogP) is 3.89. The van der Waals surface area contributed by atoms with Gasteiger partial charge in [0.1, 0.15) is 0 Å². The van der Waals surface area contributed by atoms with Gasteiger partial charge in [0.05, 0.1) is 28.2 Å². The van der Waals surface area contributed by atoms with Crippen molar-refractivity contribution in [1.29, 1.82) is 5.26 Å². The van der Waals surface area contributed by atoms with Crippen molar-refractivity contribution in [2.75, 3.05) is 11.1 Å². The molecule has 0 saturated heterocycles. The second kappa shape index (κ2) is 6.49. The van der Waals surface area contributed by atoms with Gasteiger partial charge in [0.25, 0.3) is 5.91 Å². The first-order valence-corrected chi connectivity index (χ1v) is 6.78. The Morgan fingerprint density at radius 1 is 1.19 bits per heavy atom. The topological polar surface area (TPSA) is 78.9 Å². The number of rotatable bonds is 3. The Morgan fingerprint density at radius 2 is 1.76 bits per heavy atom. The molecular formula is C15H11Cl2N3O.